The van der Waals surface area contributed by atoms with Crippen molar-refractivity contribution in [1.29, 1.82) is 0 Å². The van der Waals surface area contributed by atoms with Crippen molar-refractivity contribution in [2.24, 2.45) is 23.7 Å². The molecule has 2 rings (SSSR count). The van der Waals surface area contributed by atoms with E-state index in [1.54, 1.807) is 0 Å². The molecule has 2 aliphatic rings. The molecule has 1 nitrogen and oxygen atoms in total. The molecule has 122 valence electrons. The van der Waals surface area contributed by atoms with Gasteiger partial charge in [0.25, 0.3) is 0 Å². The first-order valence-electron chi connectivity index (χ1n) is 9.77. The summed E-state index contributed by atoms with van der Waals surface area (Å²) in [7, 11) is 0. The Kier molecular flexibility index (Phi) is 7.26. The zero-order valence-corrected chi connectivity index (χ0v) is 14.4. The van der Waals surface area contributed by atoms with Crippen LogP contribution in [0, 0.1) is 23.7 Å². The quantitative estimate of drug-likeness (QED) is 0.514. The lowest BCUT2D eigenvalue weighted by molar-refractivity contribution is -0.123. The van der Waals surface area contributed by atoms with Gasteiger partial charge in [-0.3, -0.25) is 4.79 Å². The predicted molar refractivity (Wildman–Crippen MR) is 90.3 cm³/mol. The second-order valence-corrected chi connectivity index (χ2v) is 7.71. The second-order valence-electron chi connectivity index (χ2n) is 7.71. The first kappa shape index (κ1) is 17.0. The molecule has 0 N–H and O–H groups in total. The van der Waals surface area contributed by atoms with Crippen molar-refractivity contribution >= 4 is 5.78 Å². The molecule has 2 saturated carbocycles. The minimum atomic E-state index is 0.414. The summed E-state index contributed by atoms with van der Waals surface area (Å²) in [6, 6.07) is 0. The number of rotatable bonds is 7. The lowest BCUT2D eigenvalue weighted by Crippen LogP contribution is -2.28. The fourth-order valence-electron chi connectivity index (χ4n) is 4.83. The Morgan fingerprint density at radius 3 is 1.90 bits per heavy atom. The number of ketones is 1. The molecule has 0 heterocycles. The van der Waals surface area contributed by atoms with E-state index in [1.807, 2.05) is 6.92 Å². The molecule has 0 aromatic carbocycles. The zero-order valence-electron chi connectivity index (χ0n) is 14.4. The van der Waals surface area contributed by atoms with Crippen molar-refractivity contribution in [3.8, 4) is 0 Å². The van der Waals surface area contributed by atoms with Crippen molar-refractivity contribution in [1.82, 2.24) is 0 Å². The van der Waals surface area contributed by atoms with E-state index in [4.69, 9.17) is 0 Å². The number of carbonyl (C=O) groups excluding carboxylic acids is 1. The minimum absolute atomic E-state index is 0.414. The molecule has 0 bridgehead atoms. The van der Waals surface area contributed by atoms with Gasteiger partial charge in [0.15, 0.2) is 0 Å². The summed E-state index contributed by atoms with van der Waals surface area (Å²) in [5, 5.41) is 0. The Balaban J connectivity index is 1.66. The molecule has 0 unspecified atom stereocenters. The van der Waals surface area contributed by atoms with E-state index in [9.17, 15) is 4.79 Å². The molecule has 0 spiro atoms. The number of carbonyl (C=O) groups is 1. The van der Waals surface area contributed by atoms with Gasteiger partial charge in [0, 0.05) is 12.3 Å². The van der Waals surface area contributed by atoms with Crippen LogP contribution in [0.5, 0.6) is 0 Å². The fraction of sp³-hybridized carbons (Fsp3) is 0.950. The van der Waals surface area contributed by atoms with Crippen molar-refractivity contribution in [2.45, 2.75) is 97.3 Å². The van der Waals surface area contributed by atoms with Gasteiger partial charge in [-0.25, -0.2) is 0 Å². The average Bonchev–Trinajstić information content (AvgIpc) is 2.55. The highest BCUT2D eigenvalue weighted by Gasteiger charge is 2.32. The molecule has 0 radical (unpaired) electrons. The van der Waals surface area contributed by atoms with Crippen LogP contribution in [-0.2, 0) is 4.79 Å². The number of hydrogen-bond donors (Lipinski definition) is 0. The van der Waals surface area contributed by atoms with Crippen molar-refractivity contribution in [2.75, 3.05) is 0 Å². The summed E-state index contributed by atoms with van der Waals surface area (Å²) < 4.78 is 0. The number of hydrogen-bond acceptors (Lipinski definition) is 1. The lowest BCUT2D eigenvalue weighted by Gasteiger charge is -2.37. The predicted octanol–water partition coefficient (Wildman–Crippen LogP) is 6.16. The Bertz CT molecular complexity index is 293. The highest BCUT2D eigenvalue weighted by Crippen LogP contribution is 2.42. The summed E-state index contributed by atoms with van der Waals surface area (Å²) in [6.07, 6.45) is 17.5. The van der Waals surface area contributed by atoms with E-state index in [0.717, 1.165) is 24.2 Å². The molecule has 0 aliphatic heterocycles. The Morgan fingerprint density at radius 2 is 1.38 bits per heavy atom. The molecule has 21 heavy (non-hydrogen) atoms. The van der Waals surface area contributed by atoms with Gasteiger partial charge in [-0.05, 0) is 56.3 Å². The highest BCUT2D eigenvalue weighted by atomic mass is 16.1. The standard InChI is InChI=1S/C20H36O/c1-3-5-6-7-16-8-10-17(11-9-16)18-12-14-19(15-13-18)20(21)4-2/h16-19H,3-15H2,1-2H3. The largest absolute Gasteiger partial charge is 0.299 e. The molecule has 0 saturated heterocycles. The summed E-state index contributed by atoms with van der Waals surface area (Å²) in [5.41, 5.74) is 0. The molecule has 1 heteroatoms. The third-order valence-corrected chi connectivity index (χ3v) is 6.35. The van der Waals surface area contributed by atoms with Crippen LogP contribution in [-0.4, -0.2) is 5.78 Å². The van der Waals surface area contributed by atoms with Crippen LogP contribution < -0.4 is 0 Å². The maximum Gasteiger partial charge on any atom is 0.135 e. The molecule has 0 atom stereocenters. The van der Waals surface area contributed by atoms with Gasteiger partial charge in [0.1, 0.15) is 5.78 Å². The Labute approximate surface area is 132 Å². The maximum absolute atomic E-state index is 11.8. The average molecular weight is 293 g/mol. The molecule has 0 amide bonds. The molecular formula is C20H36O. The van der Waals surface area contributed by atoms with Gasteiger partial charge in [-0.1, -0.05) is 52.4 Å². The van der Waals surface area contributed by atoms with Gasteiger partial charge in [-0.15, -0.1) is 0 Å². The molecule has 2 fully saturated rings. The van der Waals surface area contributed by atoms with Crippen molar-refractivity contribution < 1.29 is 4.79 Å². The van der Waals surface area contributed by atoms with E-state index in [1.165, 1.54) is 77.0 Å². The van der Waals surface area contributed by atoms with Crippen LogP contribution in [0.3, 0.4) is 0 Å². The number of unbranched alkanes of at least 4 members (excludes halogenated alkanes) is 2. The van der Waals surface area contributed by atoms with Crippen LogP contribution in [0.4, 0.5) is 0 Å². The van der Waals surface area contributed by atoms with Gasteiger partial charge >= 0.3 is 0 Å². The first-order chi connectivity index (χ1) is 10.2. The lowest BCUT2D eigenvalue weighted by atomic mass is 9.68. The number of Topliss-reactive ketones (excluding diaryl/α,β-unsaturated/α-hetero) is 1. The third-order valence-electron chi connectivity index (χ3n) is 6.35. The summed E-state index contributed by atoms with van der Waals surface area (Å²) in [4.78, 5) is 11.8. The second kappa shape index (κ2) is 8.96. The molecule has 0 aromatic rings. The Hall–Kier alpha value is -0.330. The van der Waals surface area contributed by atoms with Crippen LogP contribution in [0.15, 0.2) is 0 Å². The highest BCUT2D eigenvalue weighted by molar-refractivity contribution is 5.80. The van der Waals surface area contributed by atoms with Crippen molar-refractivity contribution in [3.63, 3.8) is 0 Å². The van der Waals surface area contributed by atoms with Crippen LogP contribution in [0.2, 0.25) is 0 Å². The summed E-state index contributed by atoms with van der Waals surface area (Å²) >= 11 is 0. The first-order valence-corrected chi connectivity index (χ1v) is 9.77. The summed E-state index contributed by atoms with van der Waals surface area (Å²) in [6.45, 7) is 4.32. The maximum atomic E-state index is 11.8. The summed E-state index contributed by atoms with van der Waals surface area (Å²) in [5.74, 6) is 3.91. The van der Waals surface area contributed by atoms with E-state index < -0.39 is 0 Å². The van der Waals surface area contributed by atoms with Gasteiger partial charge in [-0.2, -0.15) is 0 Å². The zero-order chi connectivity index (χ0) is 15.1. The van der Waals surface area contributed by atoms with Gasteiger partial charge in [0.05, 0.1) is 0 Å². The van der Waals surface area contributed by atoms with Crippen molar-refractivity contribution in [3.05, 3.63) is 0 Å². The monoisotopic (exact) mass is 292 g/mol. The van der Waals surface area contributed by atoms with Crippen LogP contribution in [0.1, 0.15) is 97.3 Å². The normalized spacial score (nSPS) is 33.8. The fourth-order valence-corrected chi connectivity index (χ4v) is 4.83. The SMILES string of the molecule is CCCCCC1CCC(C2CCC(C(=O)CC)CC2)CC1. The molecule has 2 aliphatic carbocycles. The van der Waals surface area contributed by atoms with Crippen LogP contribution in [0.25, 0.3) is 0 Å². The molecular weight excluding hydrogens is 256 g/mol. The van der Waals surface area contributed by atoms with Crippen LogP contribution >= 0.6 is 0 Å². The van der Waals surface area contributed by atoms with Gasteiger partial charge < -0.3 is 0 Å². The molecule has 0 aromatic heterocycles. The third kappa shape index (κ3) is 5.11. The van der Waals surface area contributed by atoms with E-state index in [0.29, 0.717) is 11.7 Å². The van der Waals surface area contributed by atoms with E-state index >= 15 is 0 Å². The van der Waals surface area contributed by atoms with E-state index in [-0.39, 0.29) is 0 Å². The smallest absolute Gasteiger partial charge is 0.135 e. The Morgan fingerprint density at radius 1 is 0.810 bits per heavy atom. The van der Waals surface area contributed by atoms with Gasteiger partial charge in [0.2, 0.25) is 0 Å². The van der Waals surface area contributed by atoms with E-state index in [2.05, 4.69) is 6.92 Å². The topological polar surface area (TPSA) is 17.1 Å². The minimum Gasteiger partial charge on any atom is -0.299 e.